The number of rotatable bonds is 5. The van der Waals surface area contributed by atoms with Gasteiger partial charge in [-0.3, -0.25) is 4.79 Å². The minimum atomic E-state index is -0.513. The minimum Gasteiger partial charge on any atom is -0.487 e. The maximum absolute atomic E-state index is 12.9. The van der Waals surface area contributed by atoms with E-state index >= 15 is 0 Å². The van der Waals surface area contributed by atoms with Crippen LogP contribution >= 0.6 is 0 Å². The van der Waals surface area contributed by atoms with Gasteiger partial charge in [-0.05, 0) is 30.3 Å². The van der Waals surface area contributed by atoms with Gasteiger partial charge in [-0.25, -0.2) is 4.39 Å². The summed E-state index contributed by atoms with van der Waals surface area (Å²) >= 11 is 0. The van der Waals surface area contributed by atoms with Crippen molar-refractivity contribution in [2.24, 2.45) is 11.5 Å². The van der Waals surface area contributed by atoms with Crippen molar-refractivity contribution in [3.8, 4) is 5.75 Å². The molecule has 0 atom stereocenters. The van der Waals surface area contributed by atoms with Gasteiger partial charge in [-0.15, -0.1) is 0 Å². The van der Waals surface area contributed by atoms with Gasteiger partial charge in [0.1, 0.15) is 18.2 Å². The molecule has 0 aliphatic heterocycles. The maximum Gasteiger partial charge on any atom is 0.248 e. The lowest BCUT2D eigenvalue weighted by atomic mass is 10.2. The van der Waals surface area contributed by atoms with Crippen LogP contribution in [-0.2, 0) is 0 Å². The van der Waals surface area contributed by atoms with Crippen molar-refractivity contribution < 1.29 is 13.9 Å². The van der Waals surface area contributed by atoms with Crippen molar-refractivity contribution in [2.75, 3.05) is 13.2 Å². The Kier molecular flexibility index (Phi) is 4.47. The Hall–Kier alpha value is -1.88. The first-order valence-corrected chi connectivity index (χ1v) is 4.70. The summed E-state index contributed by atoms with van der Waals surface area (Å²) in [5.41, 5.74) is 10.6. The molecule has 1 aromatic carbocycles. The molecule has 1 rings (SSSR count). The molecule has 0 fully saturated rings. The zero-order valence-corrected chi connectivity index (χ0v) is 8.65. The minimum absolute atomic E-state index is 0.135. The number of carbonyl (C=O) groups is 1. The molecule has 0 unspecified atom stereocenters. The van der Waals surface area contributed by atoms with Gasteiger partial charge in [0.15, 0.2) is 0 Å². The highest BCUT2D eigenvalue weighted by Gasteiger charge is 2.01. The van der Waals surface area contributed by atoms with Crippen molar-refractivity contribution in [3.05, 3.63) is 41.7 Å². The van der Waals surface area contributed by atoms with Gasteiger partial charge in [0.05, 0.1) is 0 Å². The summed E-state index contributed by atoms with van der Waals surface area (Å²) in [4.78, 5) is 10.8. The first-order chi connectivity index (χ1) is 7.63. The smallest absolute Gasteiger partial charge is 0.248 e. The Balaban J connectivity index is 2.56. The second-order valence-electron chi connectivity index (χ2n) is 3.06. The van der Waals surface area contributed by atoms with Crippen LogP contribution in [0.4, 0.5) is 4.39 Å². The van der Waals surface area contributed by atoms with E-state index in [0.29, 0.717) is 11.3 Å². The third kappa shape index (κ3) is 3.70. The SMILES string of the molecule is NCC=C(F)COc1ccc(C(N)=O)cc1. The first-order valence-electron chi connectivity index (χ1n) is 4.70. The van der Waals surface area contributed by atoms with E-state index in [-0.39, 0.29) is 13.2 Å². The van der Waals surface area contributed by atoms with Gasteiger partial charge in [0, 0.05) is 12.1 Å². The monoisotopic (exact) mass is 224 g/mol. The average molecular weight is 224 g/mol. The van der Waals surface area contributed by atoms with Crippen molar-refractivity contribution in [1.82, 2.24) is 0 Å². The molecule has 4 N–H and O–H groups in total. The fourth-order valence-corrected chi connectivity index (χ4v) is 1.05. The lowest BCUT2D eigenvalue weighted by molar-refractivity contribution is 0.100. The van der Waals surface area contributed by atoms with E-state index in [0.717, 1.165) is 0 Å². The quantitative estimate of drug-likeness (QED) is 0.782. The lowest BCUT2D eigenvalue weighted by Crippen LogP contribution is -2.10. The summed E-state index contributed by atoms with van der Waals surface area (Å²) in [5, 5.41) is 0. The number of amides is 1. The van der Waals surface area contributed by atoms with Crippen molar-refractivity contribution in [1.29, 1.82) is 0 Å². The van der Waals surface area contributed by atoms with Crippen LogP contribution in [0.2, 0.25) is 0 Å². The molecule has 0 aliphatic carbocycles. The fourth-order valence-electron chi connectivity index (χ4n) is 1.05. The second-order valence-corrected chi connectivity index (χ2v) is 3.06. The molecule has 86 valence electrons. The van der Waals surface area contributed by atoms with Gasteiger partial charge in [-0.1, -0.05) is 0 Å². The zero-order chi connectivity index (χ0) is 12.0. The highest BCUT2D eigenvalue weighted by atomic mass is 19.1. The molecule has 0 aromatic heterocycles. The van der Waals surface area contributed by atoms with E-state index in [1.807, 2.05) is 0 Å². The van der Waals surface area contributed by atoms with E-state index in [2.05, 4.69) is 0 Å². The zero-order valence-electron chi connectivity index (χ0n) is 8.65. The molecule has 0 aliphatic rings. The van der Waals surface area contributed by atoms with Gasteiger partial charge >= 0.3 is 0 Å². The van der Waals surface area contributed by atoms with Crippen LogP contribution in [0.15, 0.2) is 36.2 Å². The number of ether oxygens (including phenoxy) is 1. The third-order valence-electron chi connectivity index (χ3n) is 1.85. The van der Waals surface area contributed by atoms with E-state index in [1.54, 1.807) is 12.1 Å². The Morgan fingerprint density at radius 3 is 2.50 bits per heavy atom. The summed E-state index contributed by atoms with van der Waals surface area (Å²) in [7, 11) is 0. The molecule has 0 spiro atoms. The molecule has 0 saturated carbocycles. The van der Waals surface area contributed by atoms with E-state index < -0.39 is 11.7 Å². The molecule has 0 bridgehead atoms. The summed E-state index contributed by atoms with van der Waals surface area (Å²) in [6, 6.07) is 6.13. The highest BCUT2D eigenvalue weighted by molar-refractivity contribution is 5.92. The maximum atomic E-state index is 12.9. The first kappa shape index (κ1) is 12.2. The largest absolute Gasteiger partial charge is 0.487 e. The Morgan fingerprint density at radius 1 is 1.38 bits per heavy atom. The molecule has 1 aromatic rings. The van der Waals surface area contributed by atoms with Crippen LogP contribution in [-0.4, -0.2) is 19.1 Å². The normalized spacial score (nSPS) is 11.2. The molecule has 0 heterocycles. The second kappa shape index (κ2) is 5.87. The number of hydrogen-bond acceptors (Lipinski definition) is 3. The van der Waals surface area contributed by atoms with Gasteiger partial charge in [0.25, 0.3) is 0 Å². The summed E-state index contributed by atoms with van der Waals surface area (Å²) in [5.74, 6) is -0.479. The molecule has 5 heteroatoms. The molecular weight excluding hydrogens is 211 g/mol. The summed E-state index contributed by atoms with van der Waals surface area (Å²) < 4.78 is 18.0. The van der Waals surface area contributed by atoms with Crippen molar-refractivity contribution in [2.45, 2.75) is 0 Å². The highest BCUT2D eigenvalue weighted by Crippen LogP contribution is 2.13. The average Bonchev–Trinajstić information content (AvgIpc) is 2.27. The Labute approximate surface area is 92.7 Å². The molecule has 0 saturated heterocycles. The topological polar surface area (TPSA) is 78.3 Å². The summed E-state index contributed by atoms with van der Waals surface area (Å²) in [6.45, 7) is -0.0388. The number of halogens is 1. The molecule has 1 amide bonds. The molecule has 4 nitrogen and oxygen atoms in total. The Morgan fingerprint density at radius 2 is 2.00 bits per heavy atom. The van der Waals surface area contributed by atoms with E-state index in [1.165, 1.54) is 18.2 Å². The van der Waals surface area contributed by atoms with Crippen LogP contribution in [0.1, 0.15) is 10.4 Å². The lowest BCUT2D eigenvalue weighted by Gasteiger charge is -2.04. The Bertz CT molecular complexity index is 387. The van der Waals surface area contributed by atoms with Crippen LogP contribution in [0.25, 0.3) is 0 Å². The van der Waals surface area contributed by atoms with E-state index in [4.69, 9.17) is 16.2 Å². The predicted molar refractivity (Wildman–Crippen MR) is 58.7 cm³/mol. The standard InChI is InChI=1S/C11H13FN2O2/c12-9(5-6-13)7-16-10-3-1-8(2-4-10)11(14)15/h1-5H,6-7,13H2,(H2,14,15). The summed E-state index contributed by atoms with van der Waals surface area (Å²) in [6.07, 6.45) is 1.23. The van der Waals surface area contributed by atoms with Gasteiger partial charge in [-0.2, -0.15) is 0 Å². The van der Waals surface area contributed by atoms with Crippen LogP contribution in [0.3, 0.4) is 0 Å². The van der Waals surface area contributed by atoms with Gasteiger partial charge < -0.3 is 16.2 Å². The number of benzene rings is 1. The predicted octanol–water partition coefficient (Wildman–Crippen LogP) is 0.976. The van der Waals surface area contributed by atoms with Gasteiger partial charge in [0.2, 0.25) is 5.91 Å². The third-order valence-corrected chi connectivity index (χ3v) is 1.85. The number of nitrogens with two attached hydrogens (primary N) is 2. The molecular formula is C11H13FN2O2. The molecule has 16 heavy (non-hydrogen) atoms. The van der Waals surface area contributed by atoms with Crippen LogP contribution in [0, 0.1) is 0 Å². The number of carbonyl (C=O) groups excluding carboxylic acids is 1. The van der Waals surface area contributed by atoms with Crippen molar-refractivity contribution in [3.63, 3.8) is 0 Å². The van der Waals surface area contributed by atoms with E-state index in [9.17, 15) is 9.18 Å². The molecule has 0 radical (unpaired) electrons. The fraction of sp³-hybridized carbons (Fsp3) is 0.182. The number of hydrogen-bond donors (Lipinski definition) is 2. The van der Waals surface area contributed by atoms with Crippen molar-refractivity contribution >= 4 is 5.91 Å². The van der Waals surface area contributed by atoms with Crippen LogP contribution < -0.4 is 16.2 Å². The van der Waals surface area contributed by atoms with Crippen LogP contribution in [0.5, 0.6) is 5.75 Å². The number of primary amides is 1.